The molecule has 1 N–H and O–H groups in total. The van der Waals surface area contributed by atoms with Crippen LogP contribution in [0.5, 0.6) is 0 Å². The van der Waals surface area contributed by atoms with Crippen molar-refractivity contribution in [3.05, 3.63) is 16.7 Å². The molecule has 0 saturated carbocycles. The minimum Gasteiger partial charge on any atom is -0.337 e. The van der Waals surface area contributed by atoms with Crippen LogP contribution in [0.3, 0.4) is 0 Å². The first-order valence-corrected chi connectivity index (χ1v) is 6.52. The third-order valence-electron chi connectivity index (χ3n) is 2.80. The molecule has 92 valence electrons. The van der Waals surface area contributed by atoms with Crippen LogP contribution in [0.15, 0.2) is 6.20 Å². The standard InChI is InChI=1S/C13H24N2S/c1-10(2)7-6-8-15-11(13(3,4)5)9-14-12(15)16/h9-10H,6-8H2,1-5H3,(H,14,16). The Kier molecular flexibility index (Phi) is 4.36. The Labute approximate surface area is 104 Å². The summed E-state index contributed by atoms with van der Waals surface area (Å²) in [5.41, 5.74) is 1.46. The second kappa shape index (κ2) is 5.17. The quantitative estimate of drug-likeness (QED) is 0.779. The first-order valence-electron chi connectivity index (χ1n) is 6.11. The molecule has 0 fully saturated rings. The van der Waals surface area contributed by atoms with Crippen molar-refractivity contribution in [1.29, 1.82) is 0 Å². The van der Waals surface area contributed by atoms with Crippen molar-refractivity contribution in [2.75, 3.05) is 0 Å². The fraction of sp³-hybridized carbons (Fsp3) is 0.769. The number of hydrogen-bond acceptors (Lipinski definition) is 1. The number of imidazole rings is 1. The molecule has 0 aromatic carbocycles. The first-order chi connectivity index (χ1) is 7.32. The van der Waals surface area contributed by atoms with Gasteiger partial charge in [0.15, 0.2) is 4.77 Å². The highest BCUT2D eigenvalue weighted by molar-refractivity contribution is 7.71. The Morgan fingerprint density at radius 2 is 2.00 bits per heavy atom. The minimum atomic E-state index is 0.158. The van der Waals surface area contributed by atoms with Crippen molar-refractivity contribution in [3.63, 3.8) is 0 Å². The molecule has 0 spiro atoms. The first kappa shape index (κ1) is 13.5. The molecular weight excluding hydrogens is 216 g/mol. The van der Waals surface area contributed by atoms with Gasteiger partial charge >= 0.3 is 0 Å². The molecule has 1 aromatic rings. The predicted molar refractivity (Wildman–Crippen MR) is 72.4 cm³/mol. The average Bonchev–Trinajstić information content (AvgIpc) is 2.46. The molecule has 0 aliphatic heterocycles. The van der Waals surface area contributed by atoms with E-state index in [0.29, 0.717) is 0 Å². The highest BCUT2D eigenvalue weighted by atomic mass is 32.1. The molecule has 0 aliphatic carbocycles. The molecule has 1 heterocycles. The van der Waals surface area contributed by atoms with Crippen molar-refractivity contribution in [3.8, 4) is 0 Å². The van der Waals surface area contributed by atoms with Gasteiger partial charge in [0.25, 0.3) is 0 Å². The summed E-state index contributed by atoms with van der Waals surface area (Å²) in [4.78, 5) is 3.16. The average molecular weight is 240 g/mol. The number of nitrogens with zero attached hydrogens (tertiary/aromatic N) is 1. The monoisotopic (exact) mass is 240 g/mol. The van der Waals surface area contributed by atoms with Crippen LogP contribution < -0.4 is 0 Å². The highest BCUT2D eigenvalue weighted by Gasteiger charge is 2.18. The Hall–Kier alpha value is -0.570. The van der Waals surface area contributed by atoms with Gasteiger partial charge in [0, 0.05) is 23.9 Å². The number of aromatic nitrogens is 2. The number of hydrogen-bond donors (Lipinski definition) is 1. The van der Waals surface area contributed by atoms with Crippen molar-refractivity contribution < 1.29 is 0 Å². The van der Waals surface area contributed by atoms with Crippen LogP contribution in [-0.2, 0) is 12.0 Å². The number of nitrogens with one attached hydrogen (secondary N) is 1. The highest BCUT2D eigenvalue weighted by Crippen LogP contribution is 2.22. The number of H-pyrrole nitrogens is 1. The molecule has 2 nitrogen and oxygen atoms in total. The van der Waals surface area contributed by atoms with Gasteiger partial charge in [-0.15, -0.1) is 0 Å². The van der Waals surface area contributed by atoms with Crippen LogP contribution in [0.2, 0.25) is 0 Å². The lowest BCUT2D eigenvalue weighted by atomic mass is 9.92. The molecule has 0 amide bonds. The lowest BCUT2D eigenvalue weighted by Gasteiger charge is -2.20. The van der Waals surface area contributed by atoms with E-state index in [1.54, 1.807) is 0 Å². The zero-order valence-corrected chi connectivity index (χ0v) is 11.9. The maximum Gasteiger partial charge on any atom is 0.177 e. The molecule has 0 saturated heterocycles. The molecular formula is C13H24N2S. The van der Waals surface area contributed by atoms with E-state index in [9.17, 15) is 0 Å². The van der Waals surface area contributed by atoms with Gasteiger partial charge in [0.2, 0.25) is 0 Å². The summed E-state index contributed by atoms with van der Waals surface area (Å²) in [6, 6.07) is 0. The Morgan fingerprint density at radius 1 is 1.38 bits per heavy atom. The largest absolute Gasteiger partial charge is 0.337 e. The molecule has 0 unspecified atom stereocenters. The number of aromatic amines is 1. The smallest absolute Gasteiger partial charge is 0.177 e. The Morgan fingerprint density at radius 3 is 2.50 bits per heavy atom. The van der Waals surface area contributed by atoms with E-state index in [0.717, 1.165) is 17.2 Å². The van der Waals surface area contributed by atoms with Crippen LogP contribution in [0.25, 0.3) is 0 Å². The zero-order chi connectivity index (χ0) is 12.3. The molecule has 16 heavy (non-hydrogen) atoms. The normalized spacial score (nSPS) is 12.4. The van der Waals surface area contributed by atoms with Gasteiger partial charge in [-0.3, -0.25) is 0 Å². The summed E-state index contributed by atoms with van der Waals surface area (Å²) in [5, 5.41) is 0. The predicted octanol–water partition coefficient (Wildman–Crippen LogP) is 4.28. The Balaban J connectivity index is 2.79. The molecule has 3 heteroatoms. The van der Waals surface area contributed by atoms with Crippen LogP contribution in [0.1, 0.15) is 53.2 Å². The molecule has 0 atom stereocenters. The van der Waals surface area contributed by atoms with Gasteiger partial charge in [0.05, 0.1) is 0 Å². The van der Waals surface area contributed by atoms with Crippen molar-refractivity contribution in [2.24, 2.45) is 5.92 Å². The van der Waals surface area contributed by atoms with Crippen molar-refractivity contribution in [1.82, 2.24) is 9.55 Å². The lowest BCUT2D eigenvalue weighted by molar-refractivity contribution is 0.470. The van der Waals surface area contributed by atoms with Crippen LogP contribution in [0, 0.1) is 10.7 Å². The van der Waals surface area contributed by atoms with Crippen LogP contribution >= 0.6 is 12.2 Å². The Bertz CT molecular complexity index is 379. The van der Waals surface area contributed by atoms with Crippen molar-refractivity contribution in [2.45, 2.75) is 59.4 Å². The third-order valence-corrected chi connectivity index (χ3v) is 3.14. The summed E-state index contributed by atoms with van der Waals surface area (Å²) in [7, 11) is 0. The topological polar surface area (TPSA) is 20.7 Å². The summed E-state index contributed by atoms with van der Waals surface area (Å²) in [6.07, 6.45) is 4.52. The lowest BCUT2D eigenvalue weighted by Crippen LogP contribution is -2.18. The van der Waals surface area contributed by atoms with Gasteiger partial charge in [-0.2, -0.15) is 0 Å². The zero-order valence-electron chi connectivity index (χ0n) is 11.1. The molecule has 1 aromatic heterocycles. The van der Waals surface area contributed by atoms with Gasteiger partial charge in [-0.05, 0) is 31.0 Å². The maximum atomic E-state index is 5.33. The minimum absolute atomic E-state index is 0.158. The van der Waals surface area contributed by atoms with E-state index in [-0.39, 0.29) is 5.41 Å². The van der Waals surface area contributed by atoms with Crippen LogP contribution in [-0.4, -0.2) is 9.55 Å². The van der Waals surface area contributed by atoms with E-state index >= 15 is 0 Å². The SMILES string of the molecule is CC(C)CCCn1c(C(C)(C)C)c[nH]c1=S. The van der Waals surface area contributed by atoms with E-state index in [1.165, 1.54) is 18.5 Å². The van der Waals surface area contributed by atoms with Gasteiger partial charge in [-0.25, -0.2) is 0 Å². The summed E-state index contributed by atoms with van der Waals surface area (Å²) < 4.78 is 3.10. The van der Waals surface area contributed by atoms with Gasteiger partial charge in [-0.1, -0.05) is 34.6 Å². The second-order valence-electron chi connectivity index (χ2n) is 5.92. The van der Waals surface area contributed by atoms with Crippen molar-refractivity contribution >= 4 is 12.2 Å². The second-order valence-corrected chi connectivity index (χ2v) is 6.30. The van der Waals surface area contributed by atoms with E-state index in [1.807, 2.05) is 0 Å². The molecule has 0 bridgehead atoms. The maximum absolute atomic E-state index is 5.33. The summed E-state index contributed by atoms with van der Waals surface area (Å²) in [5.74, 6) is 0.770. The third kappa shape index (κ3) is 3.48. The fourth-order valence-corrected chi connectivity index (χ4v) is 2.14. The van der Waals surface area contributed by atoms with Gasteiger partial charge in [0.1, 0.15) is 0 Å². The molecule has 0 radical (unpaired) electrons. The van der Waals surface area contributed by atoms with Crippen LogP contribution in [0.4, 0.5) is 0 Å². The molecule has 1 rings (SSSR count). The van der Waals surface area contributed by atoms with E-state index in [4.69, 9.17) is 12.2 Å². The fourth-order valence-electron chi connectivity index (χ4n) is 1.90. The van der Waals surface area contributed by atoms with E-state index in [2.05, 4.69) is 50.4 Å². The van der Waals surface area contributed by atoms with E-state index < -0.39 is 0 Å². The summed E-state index contributed by atoms with van der Waals surface area (Å²) >= 11 is 5.33. The molecule has 0 aliphatic rings. The van der Waals surface area contributed by atoms with Gasteiger partial charge < -0.3 is 9.55 Å². The summed E-state index contributed by atoms with van der Waals surface area (Å²) in [6.45, 7) is 12.2. The number of rotatable bonds is 4.